The second-order valence-electron chi connectivity index (χ2n) is 7.91. The maximum atomic E-state index is 12.4. The van der Waals surface area contributed by atoms with Gasteiger partial charge < -0.3 is 15.4 Å². The van der Waals surface area contributed by atoms with E-state index >= 15 is 0 Å². The summed E-state index contributed by atoms with van der Waals surface area (Å²) >= 11 is -1.53. The predicted molar refractivity (Wildman–Crippen MR) is 145 cm³/mol. The van der Waals surface area contributed by atoms with Crippen LogP contribution >= 0.6 is 0 Å². The van der Waals surface area contributed by atoms with Crippen molar-refractivity contribution in [2.24, 2.45) is 5.14 Å². The highest BCUT2D eigenvalue weighted by Crippen LogP contribution is 2.19. The van der Waals surface area contributed by atoms with Crippen molar-refractivity contribution in [1.82, 2.24) is 20.0 Å². The topological polar surface area (TPSA) is 139 Å². The van der Waals surface area contributed by atoms with Crippen LogP contribution in [0.3, 0.4) is 0 Å². The number of carbonyl (C=O) groups is 2. The highest BCUT2D eigenvalue weighted by molar-refractivity contribution is 7.80. The highest BCUT2D eigenvalue weighted by atomic mass is 32.2. The number of rotatable bonds is 10. The number of aromatic nitrogens is 2. The first-order valence-electron chi connectivity index (χ1n) is 11.5. The number of nitrogens with two attached hydrogens (primary N) is 1. The molecule has 4 rings (SSSR count). The molecule has 0 aliphatic carbocycles. The summed E-state index contributed by atoms with van der Waals surface area (Å²) in [4.78, 5) is 32.1. The number of fused-ring (bicyclic) bond motifs is 2. The Kier molecular flexibility index (Phi) is 10.4. The number of hydrogen-bond donors (Lipinski definition) is 4. The predicted octanol–water partition coefficient (Wildman–Crippen LogP) is 3.11. The number of nitrogens with one attached hydrogen (secondary N) is 3. The molecule has 0 radical (unpaired) electrons. The lowest BCUT2D eigenvalue weighted by Gasteiger charge is -2.13. The molecule has 0 spiro atoms. The van der Waals surface area contributed by atoms with Crippen LogP contribution in [-0.4, -0.2) is 46.0 Å². The van der Waals surface area contributed by atoms with Crippen molar-refractivity contribution < 1.29 is 13.8 Å². The fraction of sp³-hybridized carbons (Fsp3) is 0.231. The Morgan fingerprint density at radius 2 is 1.61 bits per heavy atom. The smallest absolute Gasteiger partial charge is 0.254 e. The number of hydrogen-bond acceptors (Lipinski definition) is 6. The van der Waals surface area contributed by atoms with E-state index in [1.165, 1.54) is 5.39 Å². The summed E-state index contributed by atoms with van der Waals surface area (Å²) in [6.07, 6.45) is 6.08. The van der Waals surface area contributed by atoms with Gasteiger partial charge in [0.05, 0.1) is 28.3 Å². The molecule has 0 aliphatic rings. The van der Waals surface area contributed by atoms with E-state index < -0.39 is 17.2 Å². The first kappa shape index (κ1) is 26.9. The first-order chi connectivity index (χ1) is 17.5. The zero-order valence-electron chi connectivity index (χ0n) is 20.0. The molecule has 36 heavy (non-hydrogen) atoms. The SMILES string of the molecule is CNc1cccc2cccnc12.NS(=O)NCCCCC(C=O)NC(=O)c1cccc2cccnc12. The van der Waals surface area contributed by atoms with Gasteiger partial charge in [-0.05, 0) is 43.5 Å². The molecule has 9 nitrogen and oxygen atoms in total. The molecule has 0 aliphatic heterocycles. The molecule has 0 bridgehead atoms. The molecule has 2 unspecified atom stereocenters. The summed E-state index contributed by atoms with van der Waals surface area (Å²) in [7, 11) is 1.91. The molecule has 5 N–H and O–H groups in total. The van der Waals surface area contributed by atoms with E-state index in [4.69, 9.17) is 5.14 Å². The quantitative estimate of drug-likeness (QED) is 0.193. The third kappa shape index (κ3) is 7.64. The van der Waals surface area contributed by atoms with E-state index in [9.17, 15) is 13.8 Å². The van der Waals surface area contributed by atoms with Crippen molar-refractivity contribution in [3.63, 3.8) is 0 Å². The van der Waals surface area contributed by atoms with Crippen LogP contribution in [0.25, 0.3) is 21.8 Å². The molecule has 0 saturated carbocycles. The largest absolute Gasteiger partial charge is 0.386 e. The van der Waals surface area contributed by atoms with E-state index in [0.717, 1.165) is 22.9 Å². The van der Waals surface area contributed by atoms with Crippen LogP contribution in [0, 0.1) is 0 Å². The van der Waals surface area contributed by atoms with Crippen molar-refractivity contribution in [3.05, 3.63) is 78.6 Å². The molecule has 1 amide bonds. The molecule has 188 valence electrons. The summed E-state index contributed by atoms with van der Waals surface area (Å²) in [6, 6.07) is 18.6. The van der Waals surface area contributed by atoms with Gasteiger partial charge in [0.1, 0.15) is 6.29 Å². The van der Waals surface area contributed by atoms with E-state index in [1.807, 2.05) is 43.6 Å². The van der Waals surface area contributed by atoms with Gasteiger partial charge in [0, 0.05) is 36.8 Å². The van der Waals surface area contributed by atoms with Gasteiger partial charge >= 0.3 is 0 Å². The van der Waals surface area contributed by atoms with Gasteiger partial charge in [0.2, 0.25) is 0 Å². The summed E-state index contributed by atoms with van der Waals surface area (Å²) in [6.45, 7) is 0.496. The molecule has 2 heterocycles. The normalized spacial score (nSPS) is 12.3. The average molecular weight is 507 g/mol. The molecule has 10 heteroatoms. The van der Waals surface area contributed by atoms with Gasteiger partial charge in [0.25, 0.3) is 5.91 Å². The summed E-state index contributed by atoms with van der Waals surface area (Å²) in [5.74, 6) is -0.322. The molecular weight excluding hydrogens is 476 g/mol. The van der Waals surface area contributed by atoms with Crippen LogP contribution in [0.1, 0.15) is 29.6 Å². The standard InChI is InChI=1S/C16H20N4O3S.C10H10N2/c17-24(23)19-10-2-1-7-13(11-21)20-16(22)14-8-3-5-12-6-4-9-18-15(12)14;1-11-9-6-2-4-8-5-3-7-12-10(8)9/h3-6,8-9,11,13,19H,1-2,7,10,17H2,(H,20,22);2-7,11H,1H3. The number of benzene rings is 2. The summed E-state index contributed by atoms with van der Waals surface area (Å²) < 4.78 is 13.3. The number of unbranched alkanes of at least 4 members (excludes halogenated alkanes) is 1. The van der Waals surface area contributed by atoms with Crippen LogP contribution in [0.15, 0.2) is 73.1 Å². The van der Waals surface area contributed by atoms with Gasteiger partial charge in [0.15, 0.2) is 11.2 Å². The fourth-order valence-electron chi connectivity index (χ4n) is 3.68. The Labute approximate surface area is 212 Å². The number of amides is 1. The molecule has 4 aromatic rings. The number of pyridine rings is 2. The minimum absolute atomic E-state index is 0.322. The van der Waals surface area contributed by atoms with E-state index in [0.29, 0.717) is 36.9 Å². The highest BCUT2D eigenvalue weighted by Gasteiger charge is 2.15. The minimum atomic E-state index is -1.53. The van der Waals surface area contributed by atoms with Crippen molar-refractivity contribution in [3.8, 4) is 0 Å². The van der Waals surface area contributed by atoms with E-state index in [1.54, 1.807) is 24.4 Å². The molecule has 2 aromatic carbocycles. The first-order valence-corrected chi connectivity index (χ1v) is 12.8. The second kappa shape index (κ2) is 14.0. The maximum Gasteiger partial charge on any atom is 0.254 e. The number of para-hydroxylation sites is 2. The number of nitrogens with zero attached hydrogens (tertiary/aromatic N) is 2. The van der Waals surface area contributed by atoms with E-state index in [2.05, 4.69) is 37.5 Å². The third-order valence-electron chi connectivity index (χ3n) is 5.45. The van der Waals surface area contributed by atoms with Gasteiger partial charge in [-0.2, -0.15) is 0 Å². The Balaban J connectivity index is 0.000000249. The molecule has 2 atom stereocenters. The molecule has 2 aromatic heterocycles. The van der Waals surface area contributed by atoms with Crippen LogP contribution < -0.4 is 20.5 Å². The van der Waals surface area contributed by atoms with Gasteiger partial charge in [-0.1, -0.05) is 36.4 Å². The lowest BCUT2D eigenvalue weighted by molar-refractivity contribution is -0.109. The monoisotopic (exact) mass is 506 g/mol. The Hall–Kier alpha value is -3.73. The lowest BCUT2D eigenvalue weighted by atomic mass is 10.1. The zero-order chi connectivity index (χ0) is 25.8. The Bertz CT molecular complexity index is 1320. The van der Waals surface area contributed by atoms with Crippen LogP contribution in [0.4, 0.5) is 5.69 Å². The van der Waals surface area contributed by atoms with Gasteiger partial charge in [-0.15, -0.1) is 0 Å². The summed E-state index contributed by atoms with van der Waals surface area (Å²) in [5.41, 5.74) is 3.16. The van der Waals surface area contributed by atoms with Crippen molar-refractivity contribution >= 4 is 50.9 Å². The Morgan fingerprint density at radius 3 is 2.28 bits per heavy atom. The fourth-order valence-corrected chi connectivity index (χ4v) is 4.02. The summed E-state index contributed by atoms with van der Waals surface area (Å²) in [5, 5.41) is 12.9. The number of aldehydes is 1. The maximum absolute atomic E-state index is 12.4. The van der Waals surface area contributed by atoms with Crippen LogP contribution in [0.2, 0.25) is 0 Å². The number of carbonyl (C=O) groups excluding carboxylic acids is 2. The zero-order valence-corrected chi connectivity index (χ0v) is 20.8. The second-order valence-corrected chi connectivity index (χ2v) is 8.80. The van der Waals surface area contributed by atoms with E-state index in [-0.39, 0.29) is 5.91 Å². The Morgan fingerprint density at radius 1 is 0.972 bits per heavy atom. The van der Waals surface area contributed by atoms with Crippen LogP contribution in [0.5, 0.6) is 0 Å². The third-order valence-corrected chi connectivity index (χ3v) is 5.94. The number of anilines is 1. The molecule has 0 fully saturated rings. The lowest BCUT2D eigenvalue weighted by Crippen LogP contribution is -2.36. The molecular formula is C26H30N6O3S. The minimum Gasteiger partial charge on any atom is -0.386 e. The van der Waals surface area contributed by atoms with Crippen molar-refractivity contribution in [2.45, 2.75) is 25.3 Å². The van der Waals surface area contributed by atoms with Gasteiger partial charge in [-0.25, -0.2) is 14.1 Å². The molecule has 0 saturated heterocycles. The van der Waals surface area contributed by atoms with Crippen LogP contribution in [-0.2, 0) is 16.0 Å². The van der Waals surface area contributed by atoms with Gasteiger partial charge in [-0.3, -0.25) is 14.8 Å². The van der Waals surface area contributed by atoms with Crippen molar-refractivity contribution in [2.75, 3.05) is 18.9 Å². The average Bonchev–Trinajstić information content (AvgIpc) is 2.91. The van der Waals surface area contributed by atoms with Crippen molar-refractivity contribution in [1.29, 1.82) is 0 Å².